The number of carbonyl (C=O) groups is 3. The first-order valence-corrected chi connectivity index (χ1v) is 8.15. The number of carbonyl (C=O) groups excluding carboxylic acids is 3. The zero-order valence-electron chi connectivity index (χ0n) is 14.8. The zero-order chi connectivity index (χ0) is 19.2. The highest BCUT2D eigenvalue weighted by Crippen LogP contribution is 2.38. The van der Waals surface area contributed by atoms with Crippen LogP contribution in [-0.4, -0.2) is 41.3 Å². The van der Waals surface area contributed by atoms with Gasteiger partial charge in [0.15, 0.2) is 11.8 Å². The van der Waals surface area contributed by atoms with E-state index in [-0.39, 0.29) is 12.3 Å². The Bertz CT molecular complexity index is 840. The first-order chi connectivity index (χ1) is 12.3. The third kappa shape index (κ3) is 2.47. The predicted molar refractivity (Wildman–Crippen MR) is 92.1 cm³/mol. The van der Waals surface area contributed by atoms with Crippen LogP contribution in [0.1, 0.15) is 23.6 Å². The first kappa shape index (κ1) is 17.7. The Hall–Kier alpha value is -3.10. The molecule has 0 N–H and O–H groups in total. The summed E-state index contributed by atoms with van der Waals surface area (Å²) in [5, 5.41) is 6.99. The van der Waals surface area contributed by atoms with Gasteiger partial charge in [-0.3, -0.25) is 9.59 Å². The van der Waals surface area contributed by atoms with Crippen molar-refractivity contribution in [1.29, 1.82) is 0 Å². The number of esters is 1. The molecule has 1 aromatic carbocycles. The Balaban J connectivity index is 2.08. The highest BCUT2D eigenvalue weighted by molar-refractivity contribution is 6.46. The van der Waals surface area contributed by atoms with E-state index in [1.165, 1.54) is 0 Å². The summed E-state index contributed by atoms with van der Waals surface area (Å²) in [6.07, 6.45) is 0. The maximum atomic E-state index is 13.0. The molecule has 26 heavy (non-hydrogen) atoms. The summed E-state index contributed by atoms with van der Waals surface area (Å²) in [5.74, 6) is -3.31. The molecule has 0 spiro atoms. The van der Waals surface area contributed by atoms with E-state index < -0.39 is 29.7 Å². The number of aryl methyl sites for hydroxylation is 3. The van der Waals surface area contributed by atoms with Crippen molar-refractivity contribution < 1.29 is 19.1 Å². The van der Waals surface area contributed by atoms with E-state index in [2.05, 4.69) is 10.4 Å². The van der Waals surface area contributed by atoms with Gasteiger partial charge in [-0.25, -0.2) is 9.69 Å². The molecule has 136 valence electrons. The van der Waals surface area contributed by atoms with Crippen molar-refractivity contribution >= 4 is 29.2 Å². The van der Waals surface area contributed by atoms with E-state index in [1.807, 2.05) is 19.1 Å². The lowest BCUT2D eigenvalue weighted by atomic mass is 9.98. The molecule has 3 rings (SSSR count). The number of benzene rings is 1. The van der Waals surface area contributed by atoms with E-state index in [1.54, 1.807) is 20.8 Å². The summed E-state index contributed by atoms with van der Waals surface area (Å²) in [5.41, 5.74) is 2.65. The third-order valence-corrected chi connectivity index (χ3v) is 4.46. The van der Waals surface area contributed by atoms with Gasteiger partial charge in [0, 0.05) is 0 Å². The van der Waals surface area contributed by atoms with Crippen LogP contribution in [0.3, 0.4) is 0 Å². The van der Waals surface area contributed by atoms with E-state index >= 15 is 0 Å². The third-order valence-electron chi connectivity index (χ3n) is 4.46. The van der Waals surface area contributed by atoms with E-state index in [4.69, 9.17) is 4.74 Å². The lowest BCUT2D eigenvalue weighted by Gasteiger charge is -2.21. The van der Waals surface area contributed by atoms with Gasteiger partial charge in [0.1, 0.15) is 5.92 Å². The zero-order valence-corrected chi connectivity index (χ0v) is 14.8. The molecule has 9 nitrogen and oxygen atoms in total. The topological polar surface area (TPSA) is 109 Å². The van der Waals surface area contributed by atoms with Crippen LogP contribution in [0.25, 0.3) is 0 Å². The van der Waals surface area contributed by atoms with Gasteiger partial charge in [0.25, 0.3) is 5.91 Å². The first-order valence-electron chi connectivity index (χ1n) is 8.15. The van der Waals surface area contributed by atoms with Crippen LogP contribution in [0.4, 0.5) is 5.69 Å². The summed E-state index contributed by atoms with van der Waals surface area (Å²) in [6, 6.07) is 2.44. The lowest BCUT2D eigenvalue weighted by Crippen LogP contribution is -2.37. The average Bonchev–Trinajstić information content (AvgIpc) is 3.06. The molecular formula is C17H18N4O5. The number of nitroso groups, excluding NO2 is 1. The van der Waals surface area contributed by atoms with Gasteiger partial charge in [-0.2, -0.15) is 0 Å². The lowest BCUT2D eigenvalue weighted by molar-refractivity contribution is -0.136. The monoisotopic (exact) mass is 358 g/mol. The van der Waals surface area contributed by atoms with Gasteiger partial charge in [-0.15, -0.1) is 15.1 Å². The van der Waals surface area contributed by atoms with Crippen molar-refractivity contribution in [3.05, 3.63) is 33.7 Å². The SMILES string of the molecule is CCOC(=O)C1=NN(N=O)[C@@H]2C(=O)N(c3c(C)cc(C)cc3C)C(=O)[C@@H]12. The minimum absolute atomic E-state index is 0.0752. The average molecular weight is 358 g/mol. The number of imide groups is 1. The summed E-state index contributed by atoms with van der Waals surface area (Å²) < 4.78 is 4.89. The van der Waals surface area contributed by atoms with Crippen LogP contribution in [0.15, 0.2) is 22.5 Å². The van der Waals surface area contributed by atoms with Gasteiger partial charge < -0.3 is 4.74 Å². The summed E-state index contributed by atoms with van der Waals surface area (Å²) >= 11 is 0. The summed E-state index contributed by atoms with van der Waals surface area (Å²) in [4.78, 5) is 50.2. The van der Waals surface area contributed by atoms with Crippen LogP contribution >= 0.6 is 0 Å². The smallest absolute Gasteiger partial charge is 0.355 e. The van der Waals surface area contributed by atoms with Crippen molar-refractivity contribution in [2.75, 3.05) is 11.5 Å². The molecule has 0 aliphatic carbocycles. The number of hydrazone groups is 1. The molecule has 2 aliphatic rings. The number of hydrogen-bond acceptors (Lipinski definition) is 7. The number of fused-ring (bicyclic) bond motifs is 1. The Morgan fingerprint density at radius 3 is 2.35 bits per heavy atom. The second kappa shape index (κ2) is 6.32. The van der Waals surface area contributed by atoms with Crippen LogP contribution in [0.5, 0.6) is 0 Å². The Kier molecular flexibility index (Phi) is 4.31. The standard InChI is InChI=1S/C17H18N4O5/c1-5-26-17(24)12-11-14(21(18-12)19-25)16(23)20(15(11)22)13-9(3)6-8(2)7-10(13)4/h6-7,11,14H,5H2,1-4H3/t11-,14-/m0/s1. The quantitative estimate of drug-likeness (QED) is 0.457. The van der Waals surface area contributed by atoms with Gasteiger partial charge >= 0.3 is 5.97 Å². The Morgan fingerprint density at radius 2 is 1.81 bits per heavy atom. The summed E-state index contributed by atoms with van der Waals surface area (Å²) in [7, 11) is 0. The fraction of sp³-hybridized carbons (Fsp3) is 0.412. The Morgan fingerprint density at radius 1 is 1.19 bits per heavy atom. The van der Waals surface area contributed by atoms with Gasteiger partial charge in [-0.05, 0) is 38.8 Å². The molecule has 0 aromatic heterocycles. The molecule has 0 bridgehead atoms. The van der Waals surface area contributed by atoms with Crippen molar-refractivity contribution in [2.45, 2.75) is 33.7 Å². The number of rotatable bonds is 4. The van der Waals surface area contributed by atoms with E-state index in [0.29, 0.717) is 10.8 Å². The molecule has 1 saturated heterocycles. The molecule has 2 aliphatic heterocycles. The van der Waals surface area contributed by atoms with Crippen LogP contribution in [0.2, 0.25) is 0 Å². The van der Waals surface area contributed by atoms with Crippen molar-refractivity contribution in [3.63, 3.8) is 0 Å². The van der Waals surface area contributed by atoms with E-state index in [0.717, 1.165) is 21.6 Å². The molecule has 2 amide bonds. The minimum Gasteiger partial charge on any atom is -0.461 e. The second-order valence-corrected chi connectivity index (χ2v) is 6.29. The van der Waals surface area contributed by atoms with Crippen molar-refractivity contribution in [3.8, 4) is 0 Å². The highest BCUT2D eigenvalue weighted by Gasteiger charge is 2.60. The molecule has 0 unspecified atom stereocenters. The maximum Gasteiger partial charge on any atom is 0.355 e. The molecule has 2 atom stereocenters. The maximum absolute atomic E-state index is 13.0. The number of nitrogens with zero attached hydrogens (tertiary/aromatic N) is 4. The van der Waals surface area contributed by atoms with Gasteiger partial charge in [0.2, 0.25) is 5.91 Å². The number of hydrogen-bond donors (Lipinski definition) is 0. The molecule has 2 heterocycles. The number of anilines is 1. The van der Waals surface area contributed by atoms with E-state index in [9.17, 15) is 19.3 Å². The number of amides is 2. The van der Waals surface area contributed by atoms with Crippen molar-refractivity contribution in [2.24, 2.45) is 16.3 Å². The fourth-order valence-electron chi connectivity index (χ4n) is 3.58. The Labute approximate surface area is 149 Å². The van der Waals surface area contributed by atoms with Gasteiger partial charge in [-0.1, -0.05) is 17.7 Å². The molecule has 0 radical (unpaired) electrons. The number of ether oxygens (including phenoxy) is 1. The fourth-order valence-corrected chi connectivity index (χ4v) is 3.58. The second-order valence-electron chi connectivity index (χ2n) is 6.29. The minimum atomic E-state index is -1.26. The summed E-state index contributed by atoms with van der Waals surface area (Å²) in [6.45, 7) is 7.18. The van der Waals surface area contributed by atoms with Crippen molar-refractivity contribution in [1.82, 2.24) is 5.12 Å². The molecule has 1 fully saturated rings. The highest BCUT2D eigenvalue weighted by atomic mass is 16.5. The molecular weight excluding hydrogens is 340 g/mol. The van der Waals surface area contributed by atoms with Gasteiger partial charge in [0.05, 0.1) is 17.6 Å². The van der Waals surface area contributed by atoms with Crippen LogP contribution in [-0.2, 0) is 19.1 Å². The largest absolute Gasteiger partial charge is 0.461 e. The molecule has 1 aromatic rings. The van der Waals surface area contributed by atoms with Crippen LogP contribution in [0, 0.1) is 31.6 Å². The predicted octanol–water partition coefficient (Wildman–Crippen LogP) is 1.39. The molecule has 0 saturated carbocycles. The molecule has 9 heteroatoms. The normalized spacial score (nSPS) is 21.8. The van der Waals surface area contributed by atoms with Crippen LogP contribution < -0.4 is 4.90 Å².